The molecule has 0 bridgehead atoms. The van der Waals surface area contributed by atoms with Crippen LogP contribution in [0.15, 0.2) is 71.4 Å². The smallest absolute Gasteiger partial charge is 0.327 e. The molecular formula is C21H17N2O5S-. The van der Waals surface area contributed by atoms with Crippen molar-refractivity contribution in [3.8, 4) is 0 Å². The van der Waals surface area contributed by atoms with Gasteiger partial charge in [0.05, 0.1) is 5.69 Å². The minimum atomic E-state index is -2.77. The molecule has 0 fully saturated rings. The van der Waals surface area contributed by atoms with Gasteiger partial charge in [-0.25, -0.2) is 4.79 Å². The van der Waals surface area contributed by atoms with Crippen molar-refractivity contribution < 1.29 is 23.1 Å². The number of aromatic nitrogens is 1. The van der Waals surface area contributed by atoms with Gasteiger partial charge in [-0.15, -0.1) is 0 Å². The standard InChI is InChI=1S/C21H18N2O5S/c24-21(25)18(9-7-14-4-3-11-22-13-14)23(29(26)27)15-8-10-20-17(12-15)16-5-1-2-6-19(16)28-20/h1-6,8,10-13,18H,7,9H2,(H,24,25)(H,26,27)/p-1. The summed E-state index contributed by atoms with van der Waals surface area (Å²) >= 11 is -2.77. The Kier molecular flexibility index (Phi) is 5.28. The molecule has 2 aromatic carbocycles. The van der Waals surface area contributed by atoms with Crippen LogP contribution < -0.4 is 4.31 Å². The van der Waals surface area contributed by atoms with Gasteiger partial charge in [-0.1, -0.05) is 24.3 Å². The Morgan fingerprint density at radius 2 is 1.93 bits per heavy atom. The van der Waals surface area contributed by atoms with Crippen molar-refractivity contribution in [3.63, 3.8) is 0 Å². The monoisotopic (exact) mass is 409 g/mol. The maximum atomic E-state index is 12.0. The van der Waals surface area contributed by atoms with E-state index >= 15 is 0 Å². The molecule has 0 spiro atoms. The Bertz CT molecular complexity index is 1190. The molecule has 4 aromatic rings. The fraction of sp³-hybridized carbons (Fsp3) is 0.143. The Labute approximate surface area is 169 Å². The predicted molar refractivity (Wildman–Crippen MR) is 109 cm³/mol. The summed E-state index contributed by atoms with van der Waals surface area (Å²) in [6.45, 7) is 0. The van der Waals surface area contributed by atoms with Crippen LogP contribution in [0.25, 0.3) is 21.9 Å². The van der Waals surface area contributed by atoms with Crippen molar-refractivity contribution in [1.82, 2.24) is 4.98 Å². The molecule has 2 heterocycles. The van der Waals surface area contributed by atoms with Crippen LogP contribution in [0.3, 0.4) is 0 Å². The highest BCUT2D eigenvalue weighted by atomic mass is 32.2. The van der Waals surface area contributed by atoms with Gasteiger partial charge >= 0.3 is 5.97 Å². The molecule has 2 atom stereocenters. The third-order valence-corrected chi connectivity index (χ3v) is 5.56. The maximum Gasteiger partial charge on any atom is 0.327 e. The summed E-state index contributed by atoms with van der Waals surface area (Å²) in [5.41, 5.74) is 2.40. The minimum Gasteiger partial charge on any atom is -0.755 e. The molecule has 0 saturated carbocycles. The molecule has 7 nitrogen and oxygen atoms in total. The first-order valence-electron chi connectivity index (χ1n) is 8.96. The second kappa shape index (κ2) is 8.02. The number of furan rings is 1. The Hall–Kier alpha value is -3.23. The summed E-state index contributed by atoms with van der Waals surface area (Å²) in [7, 11) is 0. The number of fused-ring (bicyclic) bond motifs is 3. The van der Waals surface area contributed by atoms with Gasteiger partial charge in [0, 0.05) is 34.4 Å². The highest BCUT2D eigenvalue weighted by Gasteiger charge is 2.27. The Balaban J connectivity index is 1.72. The zero-order chi connectivity index (χ0) is 20.4. The molecule has 148 valence electrons. The van der Waals surface area contributed by atoms with E-state index in [9.17, 15) is 18.7 Å². The first-order chi connectivity index (χ1) is 14.0. The van der Waals surface area contributed by atoms with Crippen LogP contribution in [0.5, 0.6) is 0 Å². The molecule has 2 unspecified atom stereocenters. The number of aryl methyl sites for hydroxylation is 1. The molecule has 0 saturated heterocycles. The lowest BCUT2D eigenvalue weighted by Crippen LogP contribution is -2.42. The van der Waals surface area contributed by atoms with Crippen LogP contribution in [0.4, 0.5) is 5.69 Å². The van der Waals surface area contributed by atoms with E-state index in [1.54, 1.807) is 36.7 Å². The van der Waals surface area contributed by atoms with Crippen LogP contribution >= 0.6 is 0 Å². The van der Waals surface area contributed by atoms with E-state index in [1.807, 2.05) is 30.3 Å². The molecule has 4 rings (SSSR count). The van der Waals surface area contributed by atoms with Gasteiger partial charge in [-0.3, -0.25) is 13.5 Å². The highest BCUT2D eigenvalue weighted by Crippen LogP contribution is 2.33. The summed E-state index contributed by atoms with van der Waals surface area (Å²) in [4.78, 5) is 15.9. The number of benzene rings is 2. The summed E-state index contributed by atoms with van der Waals surface area (Å²) in [6.07, 6.45) is 3.76. The molecule has 2 aromatic heterocycles. The number of nitrogens with zero attached hydrogens (tertiary/aromatic N) is 2. The Morgan fingerprint density at radius 1 is 1.14 bits per heavy atom. The first kappa shape index (κ1) is 19.1. The molecule has 0 aliphatic rings. The van der Waals surface area contributed by atoms with Crippen LogP contribution in [0.1, 0.15) is 12.0 Å². The number of pyridine rings is 1. The maximum absolute atomic E-state index is 12.0. The van der Waals surface area contributed by atoms with Crippen molar-refractivity contribution in [1.29, 1.82) is 0 Å². The highest BCUT2D eigenvalue weighted by molar-refractivity contribution is 7.80. The second-order valence-corrected chi connectivity index (χ2v) is 7.40. The molecular weight excluding hydrogens is 392 g/mol. The van der Waals surface area contributed by atoms with E-state index in [1.165, 1.54) is 0 Å². The number of carbonyl (C=O) groups is 1. The van der Waals surface area contributed by atoms with Crippen LogP contribution in [-0.2, 0) is 22.5 Å². The minimum absolute atomic E-state index is 0.110. The zero-order valence-corrected chi connectivity index (χ0v) is 16.0. The van der Waals surface area contributed by atoms with Crippen molar-refractivity contribution >= 4 is 44.9 Å². The third kappa shape index (κ3) is 3.85. The van der Waals surface area contributed by atoms with Crippen LogP contribution in [-0.4, -0.2) is 30.9 Å². The lowest BCUT2D eigenvalue weighted by molar-refractivity contribution is -0.138. The van der Waals surface area contributed by atoms with Crippen molar-refractivity contribution in [2.75, 3.05) is 4.31 Å². The molecule has 29 heavy (non-hydrogen) atoms. The van der Waals surface area contributed by atoms with Gasteiger partial charge in [-0.05, 0) is 48.7 Å². The lowest BCUT2D eigenvalue weighted by Gasteiger charge is -2.32. The van der Waals surface area contributed by atoms with Gasteiger partial charge in [0.25, 0.3) is 0 Å². The number of aliphatic carboxylic acids is 1. The van der Waals surface area contributed by atoms with Gasteiger partial charge in [0.15, 0.2) is 0 Å². The molecule has 0 amide bonds. The average Bonchev–Trinajstić information content (AvgIpc) is 3.09. The number of hydrogen-bond donors (Lipinski definition) is 1. The number of carboxylic acids is 1. The molecule has 0 aliphatic carbocycles. The quantitative estimate of drug-likeness (QED) is 0.467. The van der Waals surface area contributed by atoms with Gasteiger partial charge in [-0.2, -0.15) is 0 Å². The average molecular weight is 409 g/mol. The van der Waals surface area contributed by atoms with Crippen molar-refractivity contribution in [2.24, 2.45) is 0 Å². The van der Waals surface area contributed by atoms with E-state index in [4.69, 9.17) is 4.42 Å². The summed E-state index contributed by atoms with van der Waals surface area (Å²) < 4.78 is 30.7. The van der Waals surface area contributed by atoms with Crippen molar-refractivity contribution in [2.45, 2.75) is 18.9 Å². The third-order valence-electron chi connectivity index (χ3n) is 4.77. The van der Waals surface area contributed by atoms with E-state index < -0.39 is 23.3 Å². The molecule has 0 radical (unpaired) electrons. The predicted octanol–water partition coefficient (Wildman–Crippen LogP) is 3.67. The lowest BCUT2D eigenvalue weighted by atomic mass is 10.1. The van der Waals surface area contributed by atoms with E-state index in [2.05, 4.69) is 4.98 Å². The van der Waals surface area contributed by atoms with Crippen molar-refractivity contribution in [3.05, 3.63) is 72.6 Å². The number of para-hydroxylation sites is 1. The van der Waals surface area contributed by atoms with E-state index in [0.717, 1.165) is 20.6 Å². The number of carboxylic acid groups (broad SMARTS) is 1. The summed E-state index contributed by atoms with van der Waals surface area (Å²) in [5, 5.41) is 11.3. The molecule has 1 N–H and O–H groups in total. The van der Waals surface area contributed by atoms with Gasteiger partial charge in [0.2, 0.25) is 0 Å². The normalized spacial score (nSPS) is 13.4. The number of hydrogen-bond acceptors (Lipinski definition) is 5. The number of anilines is 1. The van der Waals surface area contributed by atoms with Crippen LogP contribution in [0.2, 0.25) is 0 Å². The topological polar surface area (TPSA) is 107 Å². The summed E-state index contributed by atoms with van der Waals surface area (Å²) in [5.74, 6) is -1.21. The SMILES string of the molecule is O=C(O)C(CCc1cccnc1)N(c1ccc2oc3ccccc3c2c1)S(=O)[O-]. The molecule has 0 aliphatic heterocycles. The summed E-state index contributed by atoms with van der Waals surface area (Å²) in [6, 6.07) is 14.6. The first-order valence-corrected chi connectivity index (χ1v) is 9.99. The number of rotatable bonds is 7. The fourth-order valence-corrected chi connectivity index (χ4v) is 4.10. The van der Waals surface area contributed by atoms with Gasteiger partial charge in [0.1, 0.15) is 17.2 Å². The molecule has 8 heteroatoms. The zero-order valence-electron chi connectivity index (χ0n) is 15.2. The van der Waals surface area contributed by atoms with E-state index in [0.29, 0.717) is 17.6 Å². The van der Waals surface area contributed by atoms with Gasteiger partial charge < -0.3 is 14.1 Å². The Morgan fingerprint density at radius 3 is 2.66 bits per heavy atom. The van der Waals surface area contributed by atoms with E-state index in [-0.39, 0.29) is 12.1 Å². The second-order valence-electron chi connectivity index (χ2n) is 6.58. The largest absolute Gasteiger partial charge is 0.755 e. The fourth-order valence-electron chi connectivity index (χ4n) is 3.41. The van der Waals surface area contributed by atoms with Crippen LogP contribution in [0, 0.1) is 0 Å².